The van der Waals surface area contributed by atoms with Crippen molar-refractivity contribution >= 4 is 28.9 Å². The van der Waals surface area contributed by atoms with Crippen LogP contribution in [0.3, 0.4) is 0 Å². The maximum Gasteiger partial charge on any atom is 0.279 e. The molecule has 1 aliphatic heterocycles. The minimum atomic E-state index is -0.153. The number of benzene rings is 2. The molecule has 1 aromatic heterocycles. The monoisotopic (exact) mass is 337 g/mol. The van der Waals surface area contributed by atoms with Gasteiger partial charge >= 0.3 is 0 Å². The number of carbonyl (C=O) groups excluding carboxylic acids is 1. The Morgan fingerprint density at radius 2 is 1.71 bits per heavy atom. The highest BCUT2D eigenvalue weighted by atomic mass is 35.5. The summed E-state index contributed by atoms with van der Waals surface area (Å²) < 4.78 is 1.43. The maximum absolute atomic E-state index is 12.9. The molecule has 0 radical (unpaired) electrons. The average molecular weight is 338 g/mol. The molecule has 1 aliphatic rings. The Balaban J connectivity index is 1.73. The van der Waals surface area contributed by atoms with Crippen molar-refractivity contribution in [1.29, 1.82) is 0 Å². The van der Waals surface area contributed by atoms with Crippen LogP contribution in [0.15, 0.2) is 66.3 Å². The van der Waals surface area contributed by atoms with Crippen molar-refractivity contribution in [2.75, 3.05) is 4.90 Å². The van der Waals surface area contributed by atoms with Gasteiger partial charge < -0.3 is 4.90 Å². The highest BCUT2D eigenvalue weighted by Crippen LogP contribution is 2.30. The van der Waals surface area contributed by atoms with Crippen molar-refractivity contribution in [2.24, 2.45) is 5.10 Å². The van der Waals surface area contributed by atoms with Crippen LogP contribution in [-0.2, 0) is 11.3 Å². The topological polar surface area (TPSA) is 63.4 Å². The third-order valence-corrected chi connectivity index (χ3v) is 4.03. The maximum atomic E-state index is 12.9. The number of nitrogens with zero attached hydrogens (tertiary/aromatic N) is 5. The molecule has 0 aliphatic carbocycles. The van der Waals surface area contributed by atoms with Gasteiger partial charge in [-0.2, -0.15) is 5.10 Å². The number of halogens is 1. The lowest BCUT2D eigenvalue weighted by molar-refractivity contribution is -0.112. The molecule has 0 bridgehead atoms. The fraction of sp³-hybridized carbons (Fsp3) is 0.0588. The van der Waals surface area contributed by atoms with E-state index in [0.29, 0.717) is 17.3 Å². The van der Waals surface area contributed by atoms with E-state index in [1.54, 1.807) is 4.90 Å². The minimum absolute atomic E-state index is 0.153. The molecule has 0 saturated carbocycles. The molecule has 24 heavy (non-hydrogen) atoms. The molecule has 0 saturated heterocycles. The van der Waals surface area contributed by atoms with Crippen molar-refractivity contribution in [3.05, 3.63) is 77.3 Å². The van der Waals surface area contributed by atoms with E-state index in [1.165, 1.54) is 17.3 Å². The first-order chi connectivity index (χ1) is 11.7. The molecule has 4 rings (SSSR count). The molecule has 0 unspecified atom stereocenters. The highest BCUT2D eigenvalue weighted by molar-refractivity contribution is 6.54. The summed E-state index contributed by atoms with van der Waals surface area (Å²) in [5.41, 5.74) is 3.00. The Labute approximate surface area is 143 Å². The standard InChI is InChI=1S/C17H12ClN5O/c18-13-7-5-12(6-8-13)9-23-15-4-2-1-3-14(15)16(17(23)24)21-22-10-19-20-11-22/h1-8,10-11H,9H2. The third-order valence-electron chi connectivity index (χ3n) is 3.77. The number of hydrogen-bond donors (Lipinski definition) is 0. The van der Waals surface area contributed by atoms with Gasteiger partial charge in [-0.15, -0.1) is 10.2 Å². The number of rotatable bonds is 3. The lowest BCUT2D eigenvalue weighted by Gasteiger charge is -2.16. The summed E-state index contributed by atoms with van der Waals surface area (Å²) >= 11 is 5.93. The van der Waals surface area contributed by atoms with Crippen LogP contribution in [-0.4, -0.2) is 26.5 Å². The molecule has 2 aromatic carbocycles. The Morgan fingerprint density at radius 1 is 1.00 bits per heavy atom. The molecule has 1 amide bonds. The number of hydrogen-bond acceptors (Lipinski definition) is 4. The van der Waals surface area contributed by atoms with Gasteiger partial charge in [0.25, 0.3) is 5.91 Å². The predicted molar refractivity (Wildman–Crippen MR) is 91.0 cm³/mol. The van der Waals surface area contributed by atoms with E-state index in [2.05, 4.69) is 15.3 Å². The summed E-state index contributed by atoms with van der Waals surface area (Å²) in [5.74, 6) is -0.153. The smallest absolute Gasteiger partial charge is 0.279 e. The van der Waals surface area contributed by atoms with E-state index in [-0.39, 0.29) is 5.91 Å². The second-order valence-corrected chi connectivity index (χ2v) is 5.76. The number of fused-ring (bicyclic) bond motifs is 1. The van der Waals surface area contributed by atoms with Gasteiger partial charge in [0.05, 0.1) is 12.2 Å². The zero-order valence-electron chi connectivity index (χ0n) is 12.5. The largest absolute Gasteiger partial charge is 0.302 e. The average Bonchev–Trinajstić information content (AvgIpc) is 3.20. The molecule has 2 heterocycles. The third kappa shape index (κ3) is 2.57. The molecule has 0 fully saturated rings. The van der Waals surface area contributed by atoms with E-state index < -0.39 is 0 Å². The number of aromatic nitrogens is 3. The summed E-state index contributed by atoms with van der Waals surface area (Å²) in [7, 11) is 0. The van der Waals surface area contributed by atoms with Crippen molar-refractivity contribution in [3.63, 3.8) is 0 Å². The van der Waals surface area contributed by atoms with Crippen molar-refractivity contribution in [2.45, 2.75) is 6.54 Å². The molecular formula is C17H12ClN5O. The van der Waals surface area contributed by atoms with Gasteiger partial charge in [0, 0.05) is 10.6 Å². The summed E-state index contributed by atoms with van der Waals surface area (Å²) in [5, 5.41) is 12.4. The first kappa shape index (κ1) is 14.6. The van der Waals surface area contributed by atoms with Gasteiger partial charge in [0.15, 0.2) is 5.71 Å². The first-order valence-electron chi connectivity index (χ1n) is 7.32. The normalized spacial score (nSPS) is 15.1. The second kappa shape index (κ2) is 5.90. The van der Waals surface area contributed by atoms with Gasteiger partial charge in [-0.3, -0.25) is 4.79 Å². The summed E-state index contributed by atoms with van der Waals surface area (Å²) in [6.07, 6.45) is 2.90. The highest BCUT2D eigenvalue weighted by Gasteiger charge is 2.34. The summed E-state index contributed by atoms with van der Waals surface area (Å²) in [6, 6.07) is 15.0. The van der Waals surface area contributed by atoms with E-state index in [4.69, 9.17) is 11.6 Å². The summed E-state index contributed by atoms with van der Waals surface area (Å²) in [4.78, 5) is 14.6. The molecule has 0 atom stereocenters. The first-order valence-corrected chi connectivity index (χ1v) is 7.69. The number of para-hydroxylation sites is 1. The van der Waals surface area contributed by atoms with Crippen LogP contribution in [0.5, 0.6) is 0 Å². The van der Waals surface area contributed by atoms with E-state index >= 15 is 0 Å². The number of anilines is 1. The number of carbonyl (C=O) groups is 1. The van der Waals surface area contributed by atoms with Gasteiger partial charge in [0.2, 0.25) is 0 Å². The van der Waals surface area contributed by atoms with Gasteiger partial charge in [-0.25, -0.2) is 4.68 Å². The number of amides is 1. The molecule has 6 nitrogen and oxygen atoms in total. The zero-order chi connectivity index (χ0) is 16.5. The molecular weight excluding hydrogens is 326 g/mol. The Morgan fingerprint density at radius 3 is 2.46 bits per heavy atom. The van der Waals surface area contributed by atoms with E-state index in [9.17, 15) is 4.79 Å². The second-order valence-electron chi connectivity index (χ2n) is 5.33. The van der Waals surface area contributed by atoms with Gasteiger partial charge in [-0.05, 0) is 23.8 Å². The van der Waals surface area contributed by atoms with Crippen molar-refractivity contribution in [3.8, 4) is 0 Å². The van der Waals surface area contributed by atoms with E-state index in [0.717, 1.165) is 16.8 Å². The molecule has 0 spiro atoms. The van der Waals surface area contributed by atoms with Crippen LogP contribution in [0.4, 0.5) is 5.69 Å². The van der Waals surface area contributed by atoms with Gasteiger partial charge in [-0.1, -0.05) is 41.9 Å². The fourth-order valence-electron chi connectivity index (χ4n) is 2.65. The van der Waals surface area contributed by atoms with Gasteiger partial charge in [0.1, 0.15) is 12.7 Å². The van der Waals surface area contributed by atoms with Crippen LogP contribution < -0.4 is 4.90 Å². The van der Waals surface area contributed by atoms with Crippen LogP contribution in [0.1, 0.15) is 11.1 Å². The van der Waals surface area contributed by atoms with E-state index in [1.807, 2.05) is 48.5 Å². The van der Waals surface area contributed by atoms with Crippen LogP contribution in [0, 0.1) is 0 Å². The molecule has 0 N–H and O–H groups in total. The summed E-state index contributed by atoms with van der Waals surface area (Å²) in [6.45, 7) is 0.453. The van der Waals surface area contributed by atoms with Crippen molar-refractivity contribution in [1.82, 2.24) is 14.9 Å². The zero-order valence-corrected chi connectivity index (χ0v) is 13.3. The van der Waals surface area contributed by atoms with Crippen LogP contribution in [0.25, 0.3) is 0 Å². The lowest BCUT2D eigenvalue weighted by Crippen LogP contribution is -2.29. The molecule has 7 heteroatoms. The predicted octanol–water partition coefficient (Wildman–Crippen LogP) is 2.73. The lowest BCUT2D eigenvalue weighted by atomic mass is 10.1. The molecule has 3 aromatic rings. The van der Waals surface area contributed by atoms with Crippen LogP contribution >= 0.6 is 11.6 Å². The quantitative estimate of drug-likeness (QED) is 0.738. The van der Waals surface area contributed by atoms with Crippen LogP contribution in [0.2, 0.25) is 5.02 Å². The minimum Gasteiger partial charge on any atom is -0.302 e. The Bertz CT molecular complexity index is 918. The Kier molecular flexibility index (Phi) is 3.59. The van der Waals surface area contributed by atoms with Crippen molar-refractivity contribution < 1.29 is 4.79 Å². The fourth-order valence-corrected chi connectivity index (χ4v) is 2.78. The molecule has 118 valence electrons. The Hall–Kier alpha value is -2.99. The SMILES string of the molecule is O=C1C(=Nn2cnnc2)c2ccccc2N1Cc1ccc(Cl)cc1.